The predicted molar refractivity (Wildman–Crippen MR) is 110 cm³/mol. The van der Waals surface area contributed by atoms with Crippen molar-refractivity contribution in [2.45, 2.75) is 50.5 Å². The van der Waals surface area contributed by atoms with Crippen molar-refractivity contribution in [3.05, 3.63) is 29.8 Å². The van der Waals surface area contributed by atoms with Gasteiger partial charge in [-0.05, 0) is 56.6 Å². The summed E-state index contributed by atoms with van der Waals surface area (Å²) in [7, 11) is 1.59. The van der Waals surface area contributed by atoms with Crippen LogP contribution in [0.3, 0.4) is 0 Å². The Labute approximate surface area is 173 Å². The number of nitrogens with zero attached hydrogens (tertiary/aromatic N) is 2. The second-order valence-electron chi connectivity index (χ2n) is 8.67. The van der Waals surface area contributed by atoms with Crippen molar-refractivity contribution in [2.75, 3.05) is 39.9 Å². The molecule has 0 aliphatic carbocycles. The van der Waals surface area contributed by atoms with Crippen molar-refractivity contribution in [3.8, 4) is 5.75 Å². The normalized spacial score (nSPS) is 24.0. The van der Waals surface area contributed by atoms with Gasteiger partial charge in [0, 0.05) is 39.2 Å². The topological polar surface area (TPSA) is 59.1 Å². The van der Waals surface area contributed by atoms with Gasteiger partial charge in [0.25, 0.3) is 5.91 Å². The molecule has 29 heavy (non-hydrogen) atoms. The Hall–Kier alpha value is -2.08. The van der Waals surface area contributed by atoms with Crippen molar-refractivity contribution in [1.82, 2.24) is 9.80 Å². The summed E-state index contributed by atoms with van der Waals surface area (Å²) in [6.07, 6.45) is 6.49. The van der Waals surface area contributed by atoms with E-state index >= 15 is 0 Å². The first-order valence-corrected chi connectivity index (χ1v) is 10.9. The highest BCUT2D eigenvalue weighted by Crippen LogP contribution is 2.39. The molecule has 0 bridgehead atoms. The second-order valence-corrected chi connectivity index (χ2v) is 8.67. The van der Waals surface area contributed by atoms with Gasteiger partial charge in [-0.3, -0.25) is 9.59 Å². The van der Waals surface area contributed by atoms with E-state index in [1.807, 2.05) is 34.1 Å². The highest BCUT2D eigenvalue weighted by atomic mass is 16.5. The number of rotatable bonds is 4. The van der Waals surface area contributed by atoms with Gasteiger partial charge in [0.1, 0.15) is 5.75 Å². The molecule has 2 amide bonds. The van der Waals surface area contributed by atoms with E-state index in [2.05, 4.69) is 0 Å². The largest absolute Gasteiger partial charge is 0.496 e. The monoisotopic (exact) mass is 400 g/mol. The van der Waals surface area contributed by atoms with Gasteiger partial charge in [-0.1, -0.05) is 12.1 Å². The maximum atomic E-state index is 13.0. The molecule has 0 radical (unpaired) electrons. The number of amides is 2. The van der Waals surface area contributed by atoms with Crippen LogP contribution in [0, 0.1) is 5.92 Å². The van der Waals surface area contributed by atoms with E-state index in [-0.39, 0.29) is 11.5 Å². The molecule has 3 aliphatic heterocycles. The van der Waals surface area contributed by atoms with Crippen molar-refractivity contribution in [3.63, 3.8) is 0 Å². The van der Waals surface area contributed by atoms with Crippen LogP contribution in [0.15, 0.2) is 24.3 Å². The van der Waals surface area contributed by atoms with E-state index in [4.69, 9.17) is 9.47 Å². The van der Waals surface area contributed by atoms with Crippen LogP contribution in [0.1, 0.15) is 55.3 Å². The quantitative estimate of drug-likeness (QED) is 0.779. The first-order chi connectivity index (χ1) is 14.1. The average molecular weight is 401 g/mol. The molecule has 3 fully saturated rings. The molecule has 158 valence electrons. The maximum absolute atomic E-state index is 13.0. The van der Waals surface area contributed by atoms with Gasteiger partial charge >= 0.3 is 0 Å². The third kappa shape index (κ3) is 4.42. The van der Waals surface area contributed by atoms with Crippen LogP contribution in [-0.2, 0) is 9.53 Å². The standard InChI is InChI=1S/C23H32N2O4/c1-28-20-7-3-2-6-19(20)22(27)25-13-9-23(10-14-25)17-18(8-15-29-23)16-21(26)24-11-4-5-12-24/h2-3,6-7,18H,4-5,8-17H2,1H3. The van der Waals surface area contributed by atoms with Crippen LogP contribution >= 0.6 is 0 Å². The van der Waals surface area contributed by atoms with Crippen molar-refractivity contribution < 1.29 is 19.1 Å². The third-order valence-corrected chi connectivity index (χ3v) is 6.82. The molecular weight excluding hydrogens is 368 g/mol. The lowest BCUT2D eigenvalue weighted by Crippen LogP contribution is -2.51. The Morgan fingerprint density at radius 3 is 2.55 bits per heavy atom. The molecule has 3 heterocycles. The summed E-state index contributed by atoms with van der Waals surface area (Å²) < 4.78 is 11.6. The summed E-state index contributed by atoms with van der Waals surface area (Å²) in [6, 6.07) is 7.39. The molecule has 6 nitrogen and oxygen atoms in total. The minimum atomic E-state index is -0.175. The lowest BCUT2D eigenvalue weighted by atomic mass is 9.78. The lowest BCUT2D eigenvalue weighted by molar-refractivity contribution is -0.140. The van der Waals surface area contributed by atoms with Crippen molar-refractivity contribution in [1.29, 1.82) is 0 Å². The van der Waals surface area contributed by atoms with Crippen LogP contribution in [0.5, 0.6) is 5.75 Å². The van der Waals surface area contributed by atoms with Crippen molar-refractivity contribution >= 4 is 11.8 Å². The Morgan fingerprint density at radius 2 is 1.83 bits per heavy atom. The summed E-state index contributed by atoms with van der Waals surface area (Å²) in [5.41, 5.74) is 0.441. The number of methoxy groups -OCH3 is 1. The van der Waals surface area contributed by atoms with E-state index < -0.39 is 0 Å². The van der Waals surface area contributed by atoms with Gasteiger partial charge in [0.2, 0.25) is 5.91 Å². The van der Waals surface area contributed by atoms with Crippen molar-refractivity contribution in [2.24, 2.45) is 5.92 Å². The van der Waals surface area contributed by atoms with Crippen LogP contribution in [0.4, 0.5) is 0 Å². The number of para-hydroxylation sites is 1. The fourth-order valence-corrected chi connectivity index (χ4v) is 5.10. The Balaban J connectivity index is 1.34. The zero-order valence-corrected chi connectivity index (χ0v) is 17.4. The molecule has 1 aromatic rings. The minimum absolute atomic E-state index is 0.0221. The van der Waals surface area contributed by atoms with Crippen LogP contribution in [0.2, 0.25) is 0 Å². The molecule has 0 aromatic heterocycles. The van der Waals surface area contributed by atoms with Gasteiger partial charge < -0.3 is 19.3 Å². The zero-order chi connectivity index (χ0) is 20.3. The molecule has 1 spiro atoms. The first-order valence-electron chi connectivity index (χ1n) is 10.9. The SMILES string of the molecule is COc1ccccc1C(=O)N1CCC2(CC1)CC(CC(=O)N1CCCC1)CCO2. The van der Waals surface area contributed by atoms with Crippen LogP contribution < -0.4 is 4.74 Å². The molecule has 6 heteroatoms. The number of piperidine rings is 1. The molecule has 0 saturated carbocycles. The fraction of sp³-hybridized carbons (Fsp3) is 0.652. The first kappa shape index (κ1) is 20.2. The van der Waals surface area contributed by atoms with Gasteiger partial charge in [0.15, 0.2) is 0 Å². The van der Waals surface area contributed by atoms with E-state index in [1.165, 1.54) is 0 Å². The van der Waals surface area contributed by atoms with E-state index in [0.29, 0.717) is 42.6 Å². The third-order valence-electron chi connectivity index (χ3n) is 6.82. The summed E-state index contributed by atoms with van der Waals surface area (Å²) in [5, 5.41) is 0. The molecular formula is C23H32N2O4. The fourth-order valence-electron chi connectivity index (χ4n) is 5.10. The Morgan fingerprint density at radius 1 is 1.10 bits per heavy atom. The summed E-state index contributed by atoms with van der Waals surface area (Å²) in [4.78, 5) is 29.5. The number of benzene rings is 1. The highest BCUT2D eigenvalue weighted by molar-refractivity contribution is 5.97. The Kier molecular flexibility index (Phi) is 6.09. The van der Waals surface area contributed by atoms with Gasteiger partial charge in [-0.2, -0.15) is 0 Å². The molecule has 3 saturated heterocycles. The molecule has 3 aliphatic rings. The van der Waals surface area contributed by atoms with E-state index in [1.54, 1.807) is 7.11 Å². The number of hydrogen-bond acceptors (Lipinski definition) is 4. The van der Waals surface area contributed by atoms with Gasteiger partial charge in [-0.15, -0.1) is 0 Å². The molecule has 1 unspecified atom stereocenters. The van der Waals surface area contributed by atoms with Crippen LogP contribution in [0.25, 0.3) is 0 Å². The van der Waals surface area contributed by atoms with E-state index in [9.17, 15) is 9.59 Å². The highest BCUT2D eigenvalue weighted by Gasteiger charge is 2.42. The predicted octanol–water partition coefficient (Wildman–Crippen LogP) is 3.11. The second kappa shape index (κ2) is 8.74. The number of likely N-dealkylation sites (tertiary alicyclic amines) is 2. The average Bonchev–Trinajstić information content (AvgIpc) is 3.29. The summed E-state index contributed by atoms with van der Waals surface area (Å²) in [6.45, 7) is 3.94. The van der Waals surface area contributed by atoms with Gasteiger partial charge in [-0.25, -0.2) is 0 Å². The lowest BCUT2D eigenvalue weighted by Gasteiger charge is -2.46. The molecule has 4 rings (SSSR count). The number of hydrogen-bond donors (Lipinski definition) is 0. The molecule has 1 atom stereocenters. The van der Waals surface area contributed by atoms with Crippen LogP contribution in [-0.4, -0.2) is 67.1 Å². The summed E-state index contributed by atoms with van der Waals surface area (Å²) >= 11 is 0. The van der Waals surface area contributed by atoms with Gasteiger partial charge in [0.05, 0.1) is 18.3 Å². The Bertz CT molecular complexity index is 736. The van der Waals surface area contributed by atoms with E-state index in [0.717, 1.165) is 58.2 Å². The summed E-state index contributed by atoms with van der Waals surface area (Å²) in [5.74, 6) is 1.35. The number of ether oxygens (including phenoxy) is 2. The number of carbonyl (C=O) groups is 2. The minimum Gasteiger partial charge on any atom is -0.496 e. The zero-order valence-electron chi connectivity index (χ0n) is 17.4. The maximum Gasteiger partial charge on any atom is 0.257 e. The molecule has 0 N–H and O–H groups in total. The smallest absolute Gasteiger partial charge is 0.257 e. The number of carbonyl (C=O) groups excluding carboxylic acids is 2. The molecule has 1 aromatic carbocycles.